The molecule has 0 radical (unpaired) electrons. The molecule has 2 saturated heterocycles. The molecule has 3 atom stereocenters. The summed E-state index contributed by atoms with van der Waals surface area (Å²) in [6, 6.07) is 2.40. The highest BCUT2D eigenvalue weighted by Gasteiger charge is 2.38. The molecule has 0 aromatic heterocycles. The number of hydrogen-bond donors (Lipinski definition) is 0. The zero-order chi connectivity index (χ0) is 13.8. The van der Waals surface area contributed by atoms with Gasteiger partial charge in [0.1, 0.15) is 0 Å². The molecule has 0 saturated carbocycles. The van der Waals surface area contributed by atoms with E-state index in [-0.39, 0.29) is 0 Å². The third kappa shape index (κ3) is 3.68. The summed E-state index contributed by atoms with van der Waals surface area (Å²) in [6.45, 7) is 11.2. The lowest BCUT2D eigenvalue weighted by molar-refractivity contribution is -0.0260. The van der Waals surface area contributed by atoms with Crippen molar-refractivity contribution >= 4 is 11.8 Å². The molecule has 0 amide bonds. The van der Waals surface area contributed by atoms with Crippen molar-refractivity contribution in [2.75, 3.05) is 31.6 Å². The molecule has 0 aromatic rings. The Bertz CT molecular complexity index is 269. The van der Waals surface area contributed by atoms with Gasteiger partial charge in [0, 0.05) is 37.0 Å². The molecule has 3 unspecified atom stereocenters. The van der Waals surface area contributed by atoms with E-state index in [1.165, 1.54) is 51.1 Å². The topological polar surface area (TPSA) is 6.48 Å². The van der Waals surface area contributed by atoms with Gasteiger partial charge < -0.3 is 0 Å². The molecule has 0 bridgehead atoms. The third-order valence-electron chi connectivity index (χ3n) is 5.09. The summed E-state index contributed by atoms with van der Waals surface area (Å²) in [5.41, 5.74) is 0. The van der Waals surface area contributed by atoms with Crippen molar-refractivity contribution in [3.05, 3.63) is 0 Å². The molecule has 2 rings (SSSR count). The van der Waals surface area contributed by atoms with Crippen LogP contribution in [0.3, 0.4) is 0 Å². The fourth-order valence-corrected chi connectivity index (χ4v) is 4.70. The first-order valence-electron chi connectivity index (χ1n) is 8.16. The van der Waals surface area contributed by atoms with Gasteiger partial charge in [0.25, 0.3) is 0 Å². The van der Waals surface area contributed by atoms with Crippen molar-refractivity contribution in [3.8, 4) is 0 Å². The highest BCUT2D eigenvalue weighted by atomic mass is 32.2. The Labute approximate surface area is 124 Å². The zero-order valence-electron chi connectivity index (χ0n) is 13.3. The predicted octanol–water partition coefficient (Wildman–Crippen LogP) is 3.32. The standard InChI is InChI=1S/C16H32N2S/c1-5-14(12-19-4)18-10-15-8-6-7-9-17(15)11-16(18)13(2)3/h13-16H,5-12H2,1-4H3. The number of nitrogens with zero attached hydrogens (tertiary/aromatic N) is 2. The van der Waals surface area contributed by atoms with Crippen LogP contribution in [0.25, 0.3) is 0 Å². The van der Waals surface area contributed by atoms with Gasteiger partial charge in [-0.15, -0.1) is 0 Å². The second-order valence-corrected chi connectivity index (χ2v) is 7.58. The fraction of sp³-hybridized carbons (Fsp3) is 1.00. The summed E-state index contributed by atoms with van der Waals surface area (Å²) in [5.74, 6) is 2.07. The molecule has 3 heteroatoms. The van der Waals surface area contributed by atoms with Crippen LogP contribution in [-0.2, 0) is 0 Å². The molecule has 2 nitrogen and oxygen atoms in total. The summed E-state index contributed by atoms with van der Waals surface area (Å²) < 4.78 is 0. The monoisotopic (exact) mass is 284 g/mol. The average Bonchev–Trinajstić information content (AvgIpc) is 2.43. The number of hydrogen-bond acceptors (Lipinski definition) is 3. The van der Waals surface area contributed by atoms with Crippen molar-refractivity contribution in [3.63, 3.8) is 0 Å². The maximum absolute atomic E-state index is 2.87. The highest BCUT2D eigenvalue weighted by Crippen LogP contribution is 2.29. The van der Waals surface area contributed by atoms with Gasteiger partial charge in [-0.2, -0.15) is 11.8 Å². The van der Waals surface area contributed by atoms with E-state index in [9.17, 15) is 0 Å². The van der Waals surface area contributed by atoms with E-state index in [1.807, 2.05) is 11.8 Å². The van der Waals surface area contributed by atoms with E-state index < -0.39 is 0 Å². The molecular weight excluding hydrogens is 252 g/mol. The summed E-state index contributed by atoms with van der Waals surface area (Å²) in [6.07, 6.45) is 7.85. The molecule has 2 aliphatic rings. The van der Waals surface area contributed by atoms with Gasteiger partial charge in [-0.05, 0) is 38.0 Å². The first kappa shape index (κ1) is 15.7. The van der Waals surface area contributed by atoms with E-state index >= 15 is 0 Å². The van der Waals surface area contributed by atoms with Crippen LogP contribution in [0.2, 0.25) is 0 Å². The smallest absolute Gasteiger partial charge is 0.0250 e. The molecule has 2 aliphatic heterocycles. The highest BCUT2D eigenvalue weighted by molar-refractivity contribution is 7.98. The summed E-state index contributed by atoms with van der Waals surface area (Å²) in [5, 5.41) is 0. The van der Waals surface area contributed by atoms with Crippen LogP contribution in [0.15, 0.2) is 0 Å². The van der Waals surface area contributed by atoms with Crippen molar-refractivity contribution in [1.29, 1.82) is 0 Å². The van der Waals surface area contributed by atoms with Crippen molar-refractivity contribution in [2.24, 2.45) is 5.92 Å². The Kier molecular flexibility index (Phi) is 6.04. The van der Waals surface area contributed by atoms with E-state index in [2.05, 4.69) is 36.8 Å². The van der Waals surface area contributed by atoms with Gasteiger partial charge in [0.05, 0.1) is 0 Å². The van der Waals surface area contributed by atoms with Gasteiger partial charge in [-0.1, -0.05) is 27.2 Å². The Hall–Kier alpha value is 0.270. The number of thioether (sulfide) groups is 1. The van der Waals surface area contributed by atoms with E-state index in [0.717, 1.165) is 24.0 Å². The SMILES string of the molecule is CCC(CSC)N1CC2CCCCN2CC1C(C)C. The lowest BCUT2D eigenvalue weighted by Gasteiger charge is -2.52. The molecule has 2 fully saturated rings. The molecule has 19 heavy (non-hydrogen) atoms. The van der Waals surface area contributed by atoms with Crippen LogP contribution in [0.5, 0.6) is 0 Å². The van der Waals surface area contributed by atoms with Gasteiger partial charge in [-0.3, -0.25) is 9.80 Å². The van der Waals surface area contributed by atoms with Crippen LogP contribution in [0, 0.1) is 5.92 Å². The van der Waals surface area contributed by atoms with Crippen molar-refractivity contribution in [2.45, 2.75) is 64.6 Å². The Morgan fingerprint density at radius 2 is 2.00 bits per heavy atom. The Morgan fingerprint density at radius 1 is 1.21 bits per heavy atom. The zero-order valence-corrected chi connectivity index (χ0v) is 14.1. The molecule has 0 aromatic carbocycles. The van der Waals surface area contributed by atoms with E-state index in [1.54, 1.807) is 0 Å². The van der Waals surface area contributed by atoms with Gasteiger partial charge in [0.15, 0.2) is 0 Å². The van der Waals surface area contributed by atoms with Gasteiger partial charge in [0.2, 0.25) is 0 Å². The normalized spacial score (nSPS) is 31.4. The average molecular weight is 285 g/mol. The number of piperazine rings is 1. The van der Waals surface area contributed by atoms with Crippen LogP contribution in [0.1, 0.15) is 46.5 Å². The number of rotatable bonds is 5. The molecular formula is C16H32N2S. The number of piperidine rings is 1. The lowest BCUT2D eigenvalue weighted by atomic mass is 9.90. The van der Waals surface area contributed by atoms with Gasteiger partial charge in [-0.25, -0.2) is 0 Å². The maximum atomic E-state index is 2.87. The van der Waals surface area contributed by atoms with Crippen LogP contribution in [-0.4, -0.2) is 59.6 Å². The van der Waals surface area contributed by atoms with Crippen LogP contribution < -0.4 is 0 Å². The summed E-state index contributed by atoms with van der Waals surface area (Å²) in [4.78, 5) is 5.66. The molecule has 112 valence electrons. The Balaban J connectivity index is 2.08. The molecule has 0 spiro atoms. The lowest BCUT2D eigenvalue weighted by Crippen LogP contribution is -2.63. The molecule has 0 aliphatic carbocycles. The van der Waals surface area contributed by atoms with Crippen LogP contribution >= 0.6 is 11.8 Å². The van der Waals surface area contributed by atoms with E-state index in [4.69, 9.17) is 0 Å². The van der Waals surface area contributed by atoms with Crippen molar-refractivity contribution < 1.29 is 0 Å². The van der Waals surface area contributed by atoms with E-state index in [0.29, 0.717) is 0 Å². The largest absolute Gasteiger partial charge is 0.298 e. The second kappa shape index (κ2) is 7.33. The summed E-state index contributed by atoms with van der Waals surface area (Å²) >= 11 is 2.02. The second-order valence-electron chi connectivity index (χ2n) is 6.67. The molecule has 2 heterocycles. The number of fused-ring (bicyclic) bond motifs is 1. The minimum absolute atomic E-state index is 0.770. The predicted molar refractivity (Wildman–Crippen MR) is 87.0 cm³/mol. The third-order valence-corrected chi connectivity index (χ3v) is 5.81. The minimum Gasteiger partial charge on any atom is -0.298 e. The fourth-order valence-electron chi connectivity index (χ4n) is 3.89. The van der Waals surface area contributed by atoms with Crippen LogP contribution in [0.4, 0.5) is 0 Å². The Morgan fingerprint density at radius 3 is 2.63 bits per heavy atom. The van der Waals surface area contributed by atoms with Gasteiger partial charge >= 0.3 is 0 Å². The quantitative estimate of drug-likeness (QED) is 0.765. The summed E-state index contributed by atoms with van der Waals surface area (Å²) in [7, 11) is 0. The minimum atomic E-state index is 0.770. The molecule has 0 N–H and O–H groups in total. The maximum Gasteiger partial charge on any atom is 0.0250 e. The first-order valence-corrected chi connectivity index (χ1v) is 9.55. The van der Waals surface area contributed by atoms with Crippen molar-refractivity contribution in [1.82, 2.24) is 9.80 Å². The first-order chi connectivity index (χ1) is 9.17.